The number of fused-ring (bicyclic) bond motifs is 1. The molecule has 3 heterocycles. The first kappa shape index (κ1) is 20.9. The highest BCUT2D eigenvalue weighted by Gasteiger charge is 2.14. The van der Waals surface area contributed by atoms with E-state index in [1.54, 1.807) is 30.9 Å². The number of benzene rings is 2. The van der Waals surface area contributed by atoms with E-state index in [9.17, 15) is 4.39 Å². The van der Waals surface area contributed by atoms with Gasteiger partial charge >= 0.3 is 0 Å². The van der Waals surface area contributed by atoms with Crippen LogP contribution in [0.25, 0.3) is 22.5 Å². The highest BCUT2D eigenvalue weighted by atomic mass is 19.1. The Hall–Kier alpha value is -4.00. The molecule has 0 saturated heterocycles. The van der Waals surface area contributed by atoms with Crippen LogP contribution < -0.4 is 4.74 Å². The number of rotatable bonds is 5. The third-order valence-electron chi connectivity index (χ3n) is 5.68. The van der Waals surface area contributed by atoms with E-state index in [1.165, 1.54) is 6.07 Å². The third kappa shape index (κ3) is 3.98. The first-order valence-electron chi connectivity index (χ1n) is 10.7. The number of pyridine rings is 1. The maximum Gasteiger partial charge on any atom is 0.163 e. The maximum absolute atomic E-state index is 13.8. The molecule has 0 aliphatic carbocycles. The van der Waals surface area contributed by atoms with Crippen LogP contribution in [-0.2, 0) is 6.42 Å². The molecular formula is C26H24FN5O. The number of nitrogens with zero attached hydrogens (tertiary/aromatic N) is 5. The van der Waals surface area contributed by atoms with Gasteiger partial charge in [-0.05, 0) is 73.4 Å². The smallest absolute Gasteiger partial charge is 0.163 e. The molecule has 5 aromatic rings. The number of halogens is 1. The normalized spacial score (nSPS) is 11.3. The fraction of sp³-hybridized carbons (Fsp3) is 0.192. The van der Waals surface area contributed by atoms with Crippen molar-refractivity contribution < 1.29 is 9.13 Å². The third-order valence-corrected chi connectivity index (χ3v) is 5.68. The zero-order valence-corrected chi connectivity index (χ0v) is 19.0. The predicted molar refractivity (Wildman–Crippen MR) is 126 cm³/mol. The lowest BCUT2D eigenvalue weighted by Crippen LogP contribution is -1.98. The highest BCUT2D eigenvalue weighted by molar-refractivity contribution is 5.78. The van der Waals surface area contributed by atoms with Crippen LogP contribution in [0.4, 0.5) is 4.39 Å². The van der Waals surface area contributed by atoms with Gasteiger partial charge in [0.15, 0.2) is 11.5 Å². The summed E-state index contributed by atoms with van der Waals surface area (Å²) >= 11 is 0. The maximum atomic E-state index is 13.8. The minimum atomic E-state index is -0.215. The summed E-state index contributed by atoms with van der Waals surface area (Å²) in [5.41, 5.74) is 7.17. The lowest BCUT2D eigenvalue weighted by atomic mass is 10.0. The second-order valence-corrected chi connectivity index (χ2v) is 8.30. The van der Waals surface area contributed by atoms with Gasteiger partial charge in [-0.2, -0.15) is 5.10 Å². The van der Waals surface area contributed by atoms with Crippen LogP contribution in [0.5, 0.6) is 5.75 Å². The summed E-state index contributed by atoms with van der Waals surface area (Å²) < 4.78 is 23.2. The Morgan fingerprint density at radius 3 is 2.58 bits per heavy atom. The Morgan fingerprint density at radius 2 is 1.85 bits per heavy atom. The van der Waals surface area contributed by atoms with E-state index in [0.717, 1.165) is 45.0 Å². The van der Waals surface area contributed by atoms with Crippen LogP contribution in [-0.4, -0.2) is 31.3 Å². The summed E-state index contributed by atoms with van der Waals surface area (Å²) in [6, 6.07) is 13.3. The predicted octanol–water partition coefficient (Wildman–Crippen LogP) is 5.25. The molecule has 0 atom stereocenters. The molecule has 5 rings (SSSR count). The van der Waals surface area contributed by atoms with Gasteiger partial charge in [0.1, 0.15) is 11.6 Å². The van der Waals surface area contributed by atoms with Gasteiger partial charge < -0.3 is 9.30 Å². The second-order valence-electron chi connectivity index (χ2n) is 8.30. The highest BCUT2D eigenvalue weighted by Crippen LogP contribution is 2.28. The molecule has 166 valence electrons. The Kier molecular flexibility index (Phi) is 5.17. The standard InChI is InChI=1S/C26H24FN5O/c1-16-9-21(20-6-7-22(27)17(2)10-20)26-29-25(30-32(26)13-16)12-19-5-8-23(24(11-19)33-4)31-14-18(3)28-15-31/h5-11,13-15H,12H2,1-4H3. The van der Waals surface area contributed by atoms with Crippen molar-refractivity contribution in [1.29, 1.82) is 0 Å². The van der Waals surface area contributed by atoms with E-state index >= 15 is 0 Å². The van der Waals surface area contributed by atoms with Crippen molar-refractivity contribution >= 4 is 5.65 Å². The summed E-state index contributed by atoms with van der Waals surface area (Å²) in [5, 5.41) is 4.71. The van der Waals surface area contributed by atoms with Gasteiger partial charge in [-0.25, -0.2) is 18.9 Å². The Balaban J connectivity index is 1.52. The monoisotopic (exact) mass is 441 g/mol. The number of aromatic nitrogens is 5. The van der Waals surface area contributed by atoms with E-state index in [4.69, 9.17) is 14.8 Å². The summed E-state index contributed by atoms with van der Waals surface area (Å²) in [7, 11) is 1.66. The topological polar surface area (TPSA) is 57.2 Å². The van der Waals surface area contributed by atoms with Crippen molar-refractivity contribution in [1.82, 2.24) is 24.1 Å². The number of hydrogen-bond donors (Lipinski definition) is 0. The minimum absolute atomic E-state index is 0.215. The van der Waals surface area contributed by atoms with Crippen LogP contribution in [0, 0.1) is 26.6 Å². The van der Waals surface area contributed by atoms with Crippen molar-refractivity contribution in [3.63, 3.8) is 0 Å². The first-order chi connectivity index (χ1) is 15.9. The molecule has 7 heteroatoms. The molecule has 0 aliphatic heterocycles. The minimum Gasteiger partial charge on any atom is -0.495 e. The summed E-state index contributed by atoms with van der Waals surface area (Å²) in [5.74, 6) is 1.24. The number of aryl methyl sites for hydroxylation is 3. The fourth-order valence-electron chi connectivity index (χ4n) is 4.04. The van der Waals surface area contributed by atoms with E-state index in [2.05, 4.69) is 11.1 Å². The van der Waals surface area contributed by atoms with Gasteiger partial charge in [-0.3, -0.25) is 0 Å². The molecule has 0 amide bonds. The quantitative estimate of drug-likeness (QED) is 0.374. The van der Waals surface area contributed by atoms with Crippen LogP contribution >= 0.6 is 0 Å². The van der Waals surface area contributed by atoms with Crippen molar-refractivity contribution in [2.24, 2.45) is 0 Å². The van der Waals surface area contributed by atoms with Gasteiger partial charge in [0.2, 0.25) is 0 Å². The molecule has 0 saturated carbocycles. The molecule has 0 N–H and O–H groups in total. The fourth-order valence-corrected chi connectivity index (χ4v) is 4.04. The van der Waals surface area contributed by atoms with Crippen molar-refractivity contribution in [3.05, 3.63) is 95.2 Å². The first-order valence-corrected chi connectivity index (χ1v) is 10.7. The van der Waals surface area contributed by atoms with Crippen molar-refractivity contribution in [2.45, 2.75) is 27.2 Å². The van der Waals surface area contributed by atoms with Gasteiger partial charge in [-0.15, -0.1) is 0 Å². The number of hydrogen-bond acceptors (Lipinski definition) is 4. The molecule has 33 heavy (non-hydrogen) atoms. The molecule has 0 unspecified atom stereocenters. The summed E-state index contributed by atoms with van der Waals surface area (Å²) in [4.78, 5) is 9.12. The number of methoxy groups -OCH3 is 1. The Morgan fingerprint density at radius 1 is 1.00 bits per heavy atom. The molecule has 0 fully saturated rings. The van der Waals surface area contributed by atoms with Crippen LogP contribution in [0.3, 0.4) is 0 Å². The van der Waals surface area contributed by atoms with E-state index < -0.39 is 0 Å². The zero-order chi connectivity index (χ0) is 23.1. The Bertz CT molecular complexity index is 1480. The molecule has 6 nitrogen and oxygen atoms in total. The molecule has 0 radical (unpaired) electrons. The van der Waals surface area contributed by atoms with Gasteiger partial charge in [-0.1, -0.05) is 12.1 Å². The van der Waals surface area contributed by atoms with Crippen molar-refractivity contribution in [3.8, 4) is 22.6 Å². The molecular weight excluding hydrogens is 417 g/mol. The van der Waals surface area contributed by atoms with Crippen LogP contribution in [0.2, 0.25) is 0 Å². The second kappa shape index (κ2) is 8.16. The Labute approximate surface area is 191 Å². The lowest BCUT2D eigenvalue weighted by molar-refractivity contribution is 0.412. The van der Waals surface area contributed by atoms with Gasteiger partial charge in [0, 0.05) is 24.4 Å². The average molecular weight is 442 g/mol. The van der Waals surface area contributed by atoms with E-state index in [-0.39, 0.29) is 5.82 Å². The van der Waals surface area contributed by atoms with Crippen molar-refractivity contribution in [2.75, 3.05) is 7.11 Å². The molecule has 0 bridgehead atoms. The average Bonchev–Trinajstić information content (AvgIpc) is 3.40. The van der Waals surface area contributed by atoms with Gasteiger partial charge in [0.05, 0.1) is 24.8 Å². The molecule has 2 aromatic carbocycles. The SMILES string of the molecule is COc1cc(Cc2nc3c(-c4ccc(F)c(C)c4)cc(C)cn3n2)ccc1-n1cnc(C)c1. The van der Waals surface area contributed by atoms with Crippen LogP contribution in [0.1, 0.15) is 28.2 Å². The summed E-state index contributed by atoms with van der Waals surface area (Å²) in [6.07, 6.45) is 6.25. The molecule has 3 aromatic heterocycles. The number of ether oxygens (including phenoxy) is 1. The van der Waals surface area contributed by atoms with Gasteiger partial charge in [0.25, 0.3) is 0 Å². The summed E-state index contributed by atoms with van der Waals surface area (Å²) in [6.45, 7) is 5.74. The van der Waals surface area contributed by atoms with E-state index in [0.29, 0.717) is 17.8 Å². The molecule has 0 spiro atoms. The largest absolute Gasteiger partial charge is 0.495 e. The molecule has 0 aliphatic rings. The zero-order valence-electron chi connectivity index (χ0n) is 19.0. The van der Waals surface area contributed by atoms with E-state index in [1.807, 2.05) is 55.1 Å². The number of imidazole rings is 1. The lowest BCUT2D eigenvalue weighted by Gasteiger charge is -2.10. The van der Waals surface area contributed by atoms with Crippen LogP contribution in [0.15, 0.2) is 61.2 Å².